The van der Waals surface area contributed by atoms with Crippen LogP contribution >= 0.6 is 0 Å². The van der Waals surface area contributed by atoms with Crippen molar-refractivity contribution in [2.45, 2.75) is 45.1 Å². The van der Waals surface area contributed by atoms with Gasteiger partial charge in [-0.15, -0.1) is 0 Å². The van der Waals surface area contributed by atoms with Crippen LogP contribution in [0, 0.1) is 11.8 Å². The number of nitrogens with zero attached hydrogens (tertiary/aromatic N) is 2. The maximum atomic E-state index is 12.1. The Hall–Kier alpha value is -0.610. The summed E-state index contributed by atoms with van der Waals surface area (Å²) in [7, 11) is 2.23. The molecule has 1 heterocycles. The molecule has 4 heteroatoms. The Kier molecular flexibility index (Phi) is 5.22. The Balaban J connectivity index is 1.92. The molecule has 2 bridgehead atoms. The summed E-state index contributed by atoms with van der Waals surface area (Å²) in [5.74, 6) is 1.73. The van der Waals surface area contributed by atoms with E-state index in [0.717, 1.165) is 39.0 Å². The number of likely N-dealkylation sites (tertiary alicyclic amines) is 1. The molecule has 1 amide bonds. The molecular formula is C15H29N3O. The van der Waals surface area contributed by atoms with Gasteiger partial charge in [-0.2, -0.15) is 0 Å². The zero-order valence-corrected chi connectivity index (χ0v) is 12.5. The average Bonchev–Trinajstić information content (AvgIpc) is 2.66. The highest BCUT2D eigenvalue weighted by Crippen LogP contribution is 2.39. The van der Waals surface area contributed by atoms with Gasteiger partial charge in [-0.05, 0) is 57.7 Å². The molecule has 1 aliphatic heterocycles. The van der Waals surface area contributed by atoms with Gasteiger partial charge in [0.05, 0.1) is 0 Å². The second kappa shape index (κ2) is 6.71. The van der Waals surface area contributed by atoms with Gasteiger partial charge in [-0.25, -0.2) is 0 Å². The molecule has 0 aromatic heterocycles. The average molecular weight is 267 g/mol. The first-order valence-electron chi connectivity index (χ1n) is 7.85. The number of amides is 1. The minimum Gasteiger partial charge on any atom is -0.342 e. The first-order chi connectivity index (χ1) is 9.17. The minimum atomic E-state index is 0.363. The Labute approximate surface area is 117 Å². The van der Waals surface area contributed by atoms with E-state index in [2.05, 4.69) is 23.8 Å². The highest BCUT2D eigenvalue weighted by atomic mass is 16.2. The van der Waals surface area contributed by atoms with Crippen LogP contribution in [0.2, 0.25) is 0 Å². The van der Waals surface area contributed by atoms with Gasteiger partial charge >= 0.3 is 0 Å². The van der Waals surface area contributed by atoms with Crippen LogP contribution in [0.25, 0.3) is 0 Å². The summed E-state index contributed by atoms with van der Waals surface area (Å²) in [4.78, 5) is 16.7. The van der Waals surface area contributed by atoms with Gasteiger partial charge in [0.2, 0.25) is 5.91 Å². The molecule has 1 saturated carbocycles. The molecule has 2 atom stereocenters. The third-order valence-electron chi connectivity index (χ3n) is 4.82. The van der Waals surface area contributed by atoms with E-state index in [9.17, 15) is 4.79 Å². The molecule has 4 nitrogen and oxygen atoms in total. The summed E-state index contributed by atoms with van der Waals surface area (Å²) in [5, 5.41) is 0. The number of nitrogens with two attached hydrogens (primary N) is 1. The topological polar surface area (TPSA) is 49.6 Å². The molecule has 2 N–H and O–H groups in total. The predicted octanol–water partition coefficient (Wildman–Crippen LogP) is 1.30. The van der Waals surface area contributed by atoms with Crippen LogP contribution < -0.4 is 5.73 Å². The van der Waals surface area contributed by atoms with E-state index in [-0.39, 0.29) is 0 Å². The molecule has 110 valence electrons. The Morgan fingerprint density at radius 2 is 1.95 bits per heavy atom. The van der Waals surface area contributed by atoms with Crippen LogP contribution in [0.3, 0.4) is 0 Å². The molecule has 1 aliphatic carbocycles. The van der Waals surface area contributed by atoms with E-state index in [1.54, 1.807) is 0 Å². The first kappa shape index (κ1) is 14.8. The molecule has 1 saturated heterocycles. The van der Waals surface area contributed by atoms with E-state index in [4.69, 9.17) is 5.73 Å². The lowest BCUT2D eigenvalue weighted by molar-refractivity contribution is -0.134. The van der Waals surface area contributed by atoms with Crippen LogP contribution in [-0.4, -0.2) is 55.0 Å². The summed E-state index contributed by atoms with van der Waals surface area (Å²) in [5.41, 5.74) is 5.61. The van der Waals surface area contributed by atoms with E-state index in [1.807, 2.05) is 0 Å². The van der Waals surface area contributed by atoms with Crippen LogP contribution in [0.4, 0.5) is 0 Å². The monoisotopic (exact) mass is 267 g/mol. The zero-order valence-electron chi connectivity index (χ0n) is 12.5. The summed E-state index contributed by atoms with van der Waals surface area (Å²) in [6, 6.07) is 0.678. The van der Waals surface area contributed by atoms with Crippen molar-refractivity contribution in [3.63, 3.8) is 0 Å². The fraction of sp³-hybridized carbons (Fsp3) is 0.933. The number of carbonyl (C=O) groups excluding carboxylic acids is 1. The van der Waals surface area contributed by atoms with Crippen molar-refractivity contribution >= 4 is 5.91 Å². The number of carbonyl (C=O) groups is 1. The van der Waals surface area contributed by atoms with Crippen molar-refractivity contribution in [3.05, 3.63) is 0 Å². The van der Waals surface area contributed by atoms with E-state index in [1.165, 1.54) is 12.8 Å². The number of hydrogen-bond acceptors (Lipinski definition) is 3. The number of fused-ring (bicyclic) bond motifs is 2. The zero-order chi connectivity index (χ0) is 13.8. The SMILES string of the molecule is CCCC(=O)N1CC2CCC(C1)C2N(C)CCCN. The maximum absolute atomic E-state index is 12.1. The molecule has 19 heavy (non-hydrogen) atoms. The summed E-state index contributed by atoms with van der Waals surface area (Å²) < 4.78 is 0. The van der Waals surface area contributed by atoms with Crippen molar-refractivity contribution in [1.29, 1.82) is 0 Å². The number of hydrogen-bond donors (Lipinski definition) is 1. The molecule has 0 radical (unpaired) electrons. The highest BCUT2D eigenvalue weighted by Gasteiger charge is 2.44. The largest absolute Gasteiger partial charge is 0.342 e. The molecular weight excluding hydrogens is 238 g/mol. The first-order valence-corrected chi connectivity index (χ1v) is 7.85. The van der Waals surface area contributed by atoms with Crippen molar-refractivity contribution in [2.75, 3.05) is 33.2 Å². The van der Waals surface area contributed by atoms with Crippen LogP contribution in [-0.2, 0) is 4.79 Å². The standard InChI is InChI=1S/C15H29N3O/c1-3-5-14(19)18-10-12-6-7-13(11-18)15(12)17(2)9-4-8-16/h12-13,15H,3-11,16H2,1-2H3. The van der Waals surface area contributed by atoms with E-state index in [0.29, 0.717) is 30.2 Å². The third-order valence-corrected chi connectivity index (χ3v) is 4.82. The normalized spacial score (nSPS) is 30.1. The Bertz CT molecular complexity index is 294. The second-order valence-electron chi connectivity index (χ2n) is 6.26. The lowest BCUT2D eigenvalue weighted by Gasteiger charge is -2.42. The number of rotatable bonds is 6. The second-order valence-corrected chi connectivity index (χ2v) is 6.26. The van der Waals surface area contributed by atoms with Crippen LogP contribution in [0.1, 0.15) is 39.0 Å². The fourth-order valence-corrected chi connectivity index (χ4v) is 3.98. The molecule has 0 spiro atoms. The lowest BCUT2D eigenvalue weighted by Crippen LogP contribution is -2.53. The van der Waals surface area contributed by atoms with Gasteiger partial charge < -0.3 is 15.5 Å². The van der Waals surface area contributed by atoms with Crippen molar-refractivity contribution in [2.24, 2.45) is 17.6 Å². The molecule has 0 aromatic rings. The van der Waals surface area contributed by atoms with Crippen molar-refractivity contribution in [3.8, 4) is 0 Å². The van der Waals surface area contributed by atoms with Crippen molar-refractivity contribution in [1.82, 2.24) is 9.80 Å². The van der Waals surface area contributed by atoms with Crippen LogP contribution in [0.5, 0.6) is 0 Å². The maximum Gasteiger partial charge on any atom is 0.222 e. The fourth-order valence-electron chi connectivity index (χ4n) is 3.98. The number of piperidine rings is 1. The quantitative estimate of drug-likeness (QED) is 0.789. The van der Waals surface area contributed by atoms with Gasteiger partial charge in [0.15, 0.2) is 0 Å². The van der Waals surface area contributed by atoms with E-state index >= 15 is 0 Å². The third kappa shape index (κ3) is 3.29. The Morgan fingerprint density at radius 1 is 1.32 bits per heavy atom. The highest BCUT2D eigenvalue weighted by molar-refractivity contribution is 5.76. The molecule has 2 fully saturated rings. The van der Waals surface area contributed by atoms with Gasteiger partial charge in [-0.3, -0.25) is 4.79 Å². The molecule has 2 rings (SSSR count). The van der Waals surface area contributed by atoms with Crippen LogP contribution in [0.15, 0.2) is 0 Å². The van der Waals surface area contributed by atoms with Crippen molar-refractivity contribution < 1.29 is 4.79 Å². The predicted molar refractivity (Wildman–Crippen MR) is 77.8 cm³/mol. The van der Waals surface area contributed by atoms with Gasteiger partial charge in [0, 0.05) is 25.6 Å². The summed E-state index contributed by atoms with van der Waals surface area (Å²) in [6.07, 6.45) is 5.33. The minimum absolute atomic E-state index is 0.363. The molecule has 2 unspecified atom stereocenters. The molecule has 2 aliphatic rings. The van der Waals surface area contributed by atoms with Gasteiger partial charge in [-0.1, -0.05) is 6.92 Å². The lowest BCUT2D eigenvalue weighted by atomic mass is 9.90. The smallest absolute Gasteiger partial charge is 0.222 e. The summed E-state index contributed by atoms with van der Waals surface area (Å²) in [6.45, 7) is 5.91. The van der Waals surface area contributed by atoms with Gasteiger partial charge in [0.25, 0.3) is 0 Å². The Morgan fingerprint density at radius 3 is 2.47 bits per heavy atom. The molecule has 0 aromatic carbocycles. The van der Waals surface area contributed by atoms with Gasteiger partial charge in [0.1, 0.15) is 0 Å². The summed E-state index contributed by atoms with van der Waals surface area (Å²) >= 11 is 0. The van der Waals surface area contributed by atoms with E-state index < -0.39 is 0 Å².